The molecule has 0 radical (unpaired) electrons. The molecule has 0 aliphatic rings. The third-order valence-corrected chi connectivity index (χ3v) is 1.56. The predicted molar refractivity (Wildman–Crippen MR) is 44.7 cm³/mol. The molecule has 1 rings (SSSR count). The third-order valence-electron chi connectivity index (χ3n) is 1.56. The van der Waals surface area contributed by atoms with Gasteiger partial charge in [0, 0.05) is 0 Å². The second-order valence-electron chi connectivity index (χ2n) is 2.44. The SMILES string of the molecule is [CH2-]CCCc1ccccc1. The smallest absolute Gasteiger partial charge is 0.0303 e. The molecular weight excluding hydrogens is 120 g/mol. The summed E-state index contributed by atoms with van der Waals surface area (Å²) in [7, 11) is 0. The maximum Gasteiger partial charge on any atom is -0.0303 e. The molecule has 0 spiro atoms. The van der Waals surface area contributed by atoms with Gasteiger partial charge in [0.2, 0.25) is 0 Å². The van der Waals surface area contributed by atoms with Crippen LogP contribution in [0.15, 0.2) is 30.3 Å². The standard InChI is InChI=1S/C10H13/c1-2-3-7-10-8-5-4-6-9-10/h4-6,8-9H,1-3,7H2/q-1. The van der Waals surface area contributed by atoms with Crippen molar-refractivity contribution in [1.82, 2.24) is 0 Å². The lowest BCUT2D eigenvalue weighted by Gasteiger charge is -1.99. The van der Waals surface area contributed by atoms with Crippen LogP contribution in [-0.2, 0) is 6.42 Å². The normalized spacial score (nSPS) is 9.70. The van der Waals surface area contributed by atoms with Gasteiger partial charge in [-0.3, -0.25) is 0 Å². The van der Waals surface area contributed by atoms with Gasteiger partial charge >= 0.3 is 0 Å². The van der Waals surface area contributed by atoms with Crippen LogP contribution in [0.3, 0.4) is 0 Å². The average Bonchev–Trinajstić information content (AvgIpc) is 2.03. The summed E-state index contributed by atoms with van der Waals surface area (Å²) in [6.45, 7) is 3.80. The zero-order valence-electron chi connectivity index (χ0n) is 6.22. The molecule has 0 atom stereocenters. The maximum absolute atomic E-state index is 3.80. The van der Waals surface area contributed by atoms with Gasteiger partial charge in [0.1, 0.15) is 0 Å². The van der Waals surface area contributed by atoms with Crippen LogP contribution in [0.4, 0.5) is 0 Å². The Balaban J connectivity index is 2.43. The van der Waals surface area contributed by atoms with Crippen molar-refractivity contribution < 1.29 is 0 Å². The van der Waals surface area contributed by atoms with Crippen LogP contribution in [-0.4, -0.2) is 0 Å². The molecule has 0 saturated heterocycles. The molecule has 0 heteroatoms. The van der Waals surface area contributed by atoms with E-state index in [9.17, 15) is 0 Å². The fourth-order valence-electron chi connectivity index (χ4n) is 0.974. The molecule has 0 fully saturated rings. The number of aryl methyl sites for hydroxylation is 1. The third kappa shape index (κ3) is 2.22. The van der Waals surface area contributed by atoms with Crippen molar-refractivity contribution >= 4 is 0 Å². The molecule has 1 aromatic carbocycles. The molecule has 1 aromatic rings. The summed E-state index contributed by atoms with van der Waals surface area (Å²) < 4.78 is 0. The van der Waals surface area contributed by atoms with E-state index in [1.807, 2.05) is 6.07 Å². The molecule has 0 heterocycles. The number of hydrogen-bond donors (Lipinski definition) is 0. The van der Waals surface area contributed by atoms with Crippen molar-refractivity contribution in [2.75, 3.05) is 0 Å². The lowest BCUT2D eigenvalue weighted by Crippen LogP contribution is -1.81. The van der Waals surface area contributed by atoms with Gasteiger partial charge in [0.15, 0.2) is 0 Å². The quantitative estimate of drug-likeness (QED) is 0.556. The molecule has 0 amide bonds. The van der Waals surface area contributed by atoms with Crippen LogP contribution in [0.25, 0.3) is 0 Å². The zero-order valence-corrected chi connectivity index (χ0v) is 6.22. The van der Waals surface area contributed by atoms with Crippen LogP contribution in [0, 0.1) is 6.92 Å². The summed E-state index contributed by atoms with van der Waals surface area (Å²) in [5, 5.41) is 0. The Morgan fingerprint density at radius 1 is 1.10 bits per heavy atom. The van der Waals surface area contributed by atoms with Gasteiger partial charge in [-0.05, 0) is 12.0 Å². The van der Waals surface area contributed by atoms with Crippen molar-refractivity contribution in [1.29, 1.82) is 0 Å². The Hall–Kier alpha value is -0.780. The first kappa shape index (κ1) is 7.33. The highest BCUT2D eigenvalue weighted by molar-refractivity contribution is 5.14. The molecule has 0 nitrogen and oxygen atoms in total. The van der Waals surface area contributed by atoms with Gasteiger partial charge < -0.3 is 6.92 Å². The Labute approximate surface area is 62.9 Å². The molecule has 0 unspecified atom stereocenters. The Kier molecular flexibility index (Phi) is 3.01. The van der Waals surface area contributed by atoms with Gasteiger partial charge in [0.05, 0.1) is 0 Å². The van der Waals surface area contributed by atoms with E-state index in [-0.39, 0.29) is 0 Å². The monoisotopic (exact) mass is 133 g/mol. The Bertz CT molecular complexity index is 165. The van der Waals surface area contributed by atoms with E-state index >= 15 is 0 Å². The lowest BCUT2D eigenvalue weighted by molar-refractivity contribution is 0.841. The minimum atomic E-state index is 1.04. The number of rotatable bonds is 3. The molecule has 0 N–H and O–H groups in total. The molecule has 0 aromatic heterocycles. The van der Waals surface area contributed by atoms with Gasteiger partial charge in [0.25, 0.3) is 0 Å². The largest absolute Gasteiger partial charge is 0.343 e. The number of benzene rings is 1. The van der Waals surface area contributed by atoms with Gasteiger partial charge in [-0.1, -0.05) is 36.8 Å². The fourth-order valence-corrected chi connectivity index (χ4v) is 0.974. The first-order chi connectivity index (χ1) is 4.93. The second-order valence-corrected chi connectivity index (χ2v) is 2.44. The predicted octanol–water partition coefficient (Wildman–Crippen LogP) is 2.84. The van der Waals surface area contributed by atoms with Crippen LogP contribution in [0.1, 0.15) is 18.4 Å². The van der Waals surface area contributed by atoms with Crippen molar-refractivity contribution in [3.63, 3.8) is 0 Å². The van der Waals surface area contributed by atoms with E-state index in [1.54, 1.807) is 0 Å². The molecule has 0 bridgehead atoms. The summed E-state index contributed by atoms with van der Waals surface area (Å²) in [5.74, 6) is 0. The van der Waals surface area contributed by atoms with Crippen LogP contribution >= 0.6 is 0 Å². The highest BCUT2D eigenvalue weighted by atomic mass is 13.9. The van der Waals surface area contributed by atoms with E-state index < -0.39 is 0 Å². The molecule has 0 aliphatic carbocycles. The topological polar surface area (TPSA) is 0 Å². The number of unbranched alkanes of at least 4 members (excludes halogenated alkanes) is 1. The van der Waals surface area contributed by atoms with Gasteiger partial charge in [-0.2, -0.15) is 6.42 Å². The fraction of sp³-hybridized carbons (Fsp3) is 0.300. The lowest BCUT2D eigenvalue weighted by atomic mass is 10.1. The van der Waals surface area contributed by atoms with Crippen molar-refractivity contribution in [3.05, 3.63) is 42.8 Å². The Morgan fingerprint density at radius 2 is 1.80 bits per heavy atom. The van der Waals surface area contributed by atoms with E-state index in [0.717, 1.165) is 6.42 Å². The minimum Gasteiger partial charge on any atom is -0.343 e. The van der Waals surface area contributed by atoms with E-state index in [2.05, 4.69) is 31.2 Å². The maximum atomic E-state index is 3.80. The average molecular weight is 133 g/mol. The molecular formula is C10H13-. The van der Waals surface area contributed by atoms with E-state index in [4.69, 9.17) is 0 Å². The summed E-state index contributed by atoms with van der Waals surface area (Å²) in [6.07, 6.45) is 3.41. The summed E-state index contributed by atoms with van der Waals surface area (Å²) >= 11 is 0. The van der Waals surface area contributed by atoms with E-state index in [0.29, 0.717) is 0 Å². The second kappa shape index (κ2) is 4.10. The van der Waals surface area contributed by atoms with Crippen molar-refractivity contribution in [2.24, 2.45) is 0 Å². The Morgan fingerprint density at radius 3 is 2.40 bits per heavy atom. The molecule has 10 heavy (non-hydrogen) atoms. The highest BCUT2D eigenvalue weighted by Gasteiger charge is 1.85. The van der Waals surface area contributed by atoms with Gasteiger partial charge in [-0.25, -0.2) is 0 Å². The molecule has 0 saturated carbocycles. The first-order valence-electron chi connectivity index (χ1n) is 3.76. The summed E-state index contributed by atoms with van der Waals surface area (Å²) in [6, 6.07) is 10.5. The van der Waals surface area contributed by atoms with Gasteiger partial charge in [-0.15, -0.1) is 0 Å². The van der Waals surface area contributed by atoms with Crippen molar-refractivity contribution in [2.45, 2.75) is 19.3 Å². The van der Waals surface area contributed by atoms with Crippen LogP contribution in [0.5, 0.6) is 0 Å². The zero-order chi connectivity index (χ0) is 7.23. The van der Waals surface area contributed by atoms with Crippen molar-refractivity contribution in [3.8, 4) is 0 Å². The molecule has 54 valence electrons. The first-order valence-corrected chi connectivity index (χ1v) is 3.76. The number of hydrogen-bond acceptors (Lipinski definition) is 0. The van der Waals surface area contributed by atoms with Crippen LogP contribution < -0.4 is 0 Å². The minimum absolute atomic E-state index is 1.04. The summed E-state index contributed by atoms with van der Waals surface area (Å²) in [5.41, 5.74) is 1.42. The summed E-state index contributed by atoms with van der Waals surface area (Å²) in [4.78, 5) is 0. The van der Waals surface area contributed by atoms with E-state index in [1.165, 1.54) is 18.4 Å². The molecule has 0 aliphatic heterocycles. The van der Waals surface area contributed by atoms with Crippen LogP contribution in [0.2, 0.25) is 0 Å². The highest BCUT2D eigenvalue weighted by Crippen LogP contribution is 2.02.